The lowest BCUT2D eigenvalue weighted by Crippen LogP contribution is -2.47. The van der Waals surface area contributed by atoms with E-state index in [-0.39, 0.29) is 48.7 Å². The fourth-order valence-corrected chi connectivity index (χ4v) is 6.41. The minimum Gasteiger partial charge on any atom is -0.488 e. The second kappa shape index (κ2) is 12.8. The van der Waals surface area contributed by atoms with Crippen molar-refractivity contribution in [2.24, 2.45) is 5.92 Å². The minimum atomic E-state index is -3.83. The number of carbonyl (C=O) groups is 1. The largest absolute Gasteiger partial charge is 0.488 e. The van der Waals surface area contributed by atoms with Gasteiger partial charge in [-0.2, -0.15) is 0 Å². The first-order valence-electron chi connectivity index (χ1n) is 14.4. The summed E-state index contributed by atoms with van der Waals surface area (Å²) >= 11 is 0. The number of likely N-dealkylation sites (N-methyl/N-ethyl adjacent to an activating group) is 1. The van der Waals surface area contributed by atoms with E-state index >= 15 is 0 Å². The number of aryl methyl sites for hydroxylation is 1. The molecule has 1 amide bonds. The number of carbonyl (C=O) groups excluding carboxylic acids is 1. The predicted molar refractivity (Wildman–Crippen MR) is 163 cm³/mol. The molecule has 0 fully saturated rings. The van der Waals surface area contributed by atoms with Crippen LogP contribution >= 0.6 is 0 Å². The van der Waals surface area contributed by atoms with Gasteiger partial charge >= 0.3 is 0 Å². The molecule has 0 aliphatic carbocycles. The zero-order valence-corrected chi connectivity index (χ0v) is 25.8. The normalized spacial score (nSPS) is 19.2. The van der Waals surface area contributed by atoms with Gasteiger partial charge in [-0.3, -0.25) is 14.4 Å². The van der Waals surface area contributed by atoms with Crippen molar-refractivity contribution in [3.05, 3.63) is 77.4 Å². The first-order valence-corrected chi connectivity index (χ1v) is 15.9. The summed E-state index contributed by atoms with van der Waals surface area (Å²) in [5.41, 5.74) is 2.93. The summed E-state index contributed by atoms with van der Waals surface area (Å²) in [7, 11) is -1.82. The van der Waals surface area contributed by atoms with E-state index in [1.165, 1.54) is 0 Å². The van der Waals surface area contributed by atoms with Gasteiger partial charge in [-0.1, -0.05) is 30.7 Å². The topological polar surface area (TPSA) is 118 Å². The first-order chi connectivity index (χ1) is 20.5. The summed E-state index contributed by atoms with van der Waals surface area (Å²) in [6, 6.07) is 17.1. The Morgan fingerprint density at radius 2 is 1.77 bits per heavy atom. The molecule has 10 nitrogen and oxygen atoms in total. The maximum absolute atomic E-state index is 13.5. The van der Waals surface area contributed by atoms with Crippen molar-refractivity contribution in [2.75, 3.05) is 38.3 Å². The third kappa shape index (κ3) is 7.23. The van der Waals surface area contributed by atoms with E-state index in [2.05, 4.69) is 9.62 Å². The number of ether oxygens (including phenoxy) is 3. The number of nitrogens with one attached hydrogen (secondary N) is 1. The molecule has 0 bridgehead atoms. The Morgan fingerprint density at radius 3 is 2.51 bits per heavy atom. The van der Waals surface area contributed by atoms with Crippen LogP contribution in [0.15, 0.2) is 65.6 Å². The third-order valence-electron chi connectivity index (χ3n) is 7.88. The zero-order chi connectivity index (χ0) is 30.7. The molecular weight excluding hydrogens is 570 g/mol. The molecule has 0 aromatic heterocycles. The number of aliphatic hydroxyl groups excluding tert-OH is 1. The minimum absolute atomic E-state index is 0.00620. The van der Waals surface area contributed by atoms with E-state index in [4.69, 9.17) is 14.2 Å². The van der Waals surface area contributed by atoms with Crippen LogP contribution in [0.1, 0.15) is 30.5 Å². The zero-order valence-electron chi connectivity index (χ0n) is 24.9. The molecule has 11 heteroatoms. The molecule has 43 heavy (non-hydrogen) atoms. The monoisotopic (exact) mass is 609 g/mol. The van der Waals surface area contributed by atoms with Crippen LogP contribution in [0.3, 0.4) is 0 Å². The van der Waals surface area contributed by atoms with Gasteiger partial charge in [0, 0.05) is 36.8 Å². The van der Waals surface area contributed by atoms with E-state index in [9.17, 15) is 18.3 Å². The van der Waals surface area contributed by atoms with E-state index in [0.29, 0.717) is 36.6 Å². The molecule has 2 heterocycles. The van der Waals surface area contributed by atoms with Gasteiger partial charge in [0.1, 0.15) is 11.9 Å². The number of amides is 1. The highest BCUT2D eigenvalue weighted by Crippen LogP contribution is 2.33. The SMILES string of the molecule is Cc1ccc(S(=O)(=O)Nc2ccc3c(c2)CC(=O)N([C@@H](C)CO)C[C@@H](C)[C@H](CN(C)Cc2ccc4c(c2)OCO4)O3)cc1. The second-order valence-electron chi connectivity index (χ2n) is 11.5. The molecule has 5 rings (SSSR count). The van der Waals surface area contributed by atoms with Crippen LogP contribution in [-0.4, -0.2) is 74.9 Å². The summed E-state index contributed by atoms with van der Waals surface area (Å²) < 4.78 is 46.3. The van der Waals surface area contributed by atoms with Crippen LogP contribution < -0.4 is 18.9 Å². The van der Waals surface area contributed by atoms with E-state index in [1.54, 1.807) is 47.4 Å². The van der Waals surface area contributed by atoms with Crippen LogP contribution in [0.25, 0.3) is 0 Å². The van der Waals surface area contributed by atoms with Crippen molar-refractivity contribution in [1.29, 1.82) is 0 Å². The van der Waals surface area contributed by atoms with Crippen LogP contribution in [0.4, 0.5) is 5.69 Å². The molecule has 0 radical (unpaired) electrons. The number of hydrogen-bond donors (Lipinski definition) is 2. The number of rotatable bonds is 9. The Balaban J connectivity index is 1.40. The highest BCUT2D eigenvalue weighted by atomic mass is 32.2. The summed E-state index contributed by atoms with van der Waals surface area (Å²) in [5, 5.41) is 9.93. The van der Waals surface area contributed by atoms with Gasteiger partial charge in [-0.25, -0.2) is 8.42 Å². The smallest absolute Gasteiger partial charge is 0.261 e. The van der Waals surface area contributed by atoms with Gasteiger partial charge in [-0.05, 0) is 68.9 Å². The summed E-state index contributed by atoms with van der Waals surface area (Å²) in [4.78, 5) is 17.5. The Labute approximate surface area is 253 Å². The number of fused-ring (bicyclic) bond motifs is 2. The molecular formula is C32H39N3O7S. The van der Waals surface area contributed by atoms with Crippen LogP contribution in [0.5, 0.6) is 17.2 Å². The van der Waals surface area contributed by atoms with Crippen molar-refractivity contribution in [2.45, 2.75) is 50.8 Å². The average Bonchev–Trinajstić information content (AvgIpc) is 3.45. The van der Waals surface area contributed by atoms with Gasteiger partial charge in [0.25, 0.3) is 10.0 Å². The van der Waals surface area contributed by atoms with Gasteiger partial charge in [0.15, 0.2) is 11.5 Å². The van der Waals surface area contributed by atoms with Crippen LogP contribution in [0, 0.1) is 12.8 Å². The van der Waals surface area contributed by atoms with Crippen molar-refractivity contribution in [3.63, 3.8) is 0 Å². The summed E-state index contributed by atoms with van der Waals surface area (Å²) in [5.74, 6) is 1.76. The predicted octanol–water partition coefficient (Wildman–Crippen LogP) is 3.81. The molecule has 0 spiro atoms. The molecule has 230 valence electrons. The molecule has 3 aromatic carbocycles. The van der Waals surface area contributed by atoms with Crippen molar-refractivity contribution < 1.29 is 32.5 Å². The van der Waals surface area contributed by atoms with Crippen molar-refractivity contribution >= 4 is 21.6 Å². The lowest BCUT2D eigenvalue weighted by atomic mass is 10.0. The van der Waals surface area contributed by atoms with E-state index in [1.807, 2.05) is 46.0 Å². The maximum atomic E-state index is 13.5. The van der Waals surface area contributed by atoms with Crippen LogP contribution in [-0.2, 0) is 27.8 Å². The Kier molecular flexibility index (Phi) is 9.14. The lowest BCUT2D eigenvalue weighted by Gasteiger charge is -2.34. The van der Waals surface area contributed by atoms with Gasteiger partial charge in [0.2, 0.25) is 12.7 Å². The summed E-state index contributed by atoms with van der Waals surface area (Å²) in [6.45, 7) is 7.41. The molecule has 2 N–H and O–H groups in total. The molecule has 2 aliphatic rings. The molecule has 0 unspecified atom stereocenters. The highest BCUT2D eigenvalue weighted by Gasteiger charge is 2.31. The second-order valence-corrected chi connectivity index (χ2v) is 13.2. The number of nitrogens with zero attached hydrogens (tertiary/aromatic N) is 2. The Bertz CT molecular complexity index is 1560. The van der Waals surface area contributed by atoms with Crippen molar-refractivity contribution in [3.8, 4) is 17.2 Å². The Hall–Kier alpha value is -3.80. The number of anilines is 1. The lowest BCUT2D eigenvalue weighted by molar-refractivity contribution is -0.134. The first kappa shape index (κ1) is 30.7. The fraction of sp³-hybridized carbons (Fsp3) is 0.406. The van der Waals surface area contributed by atoms with Gasteiger partial charge in [-0.15, -0.1) is 0 Å². The van der Waals surface area contributed by atoms with Crippen molar-refractivity contribution in [1.82, 2.24) is 9.80 Å². The molecule has 2 aliphatic heterocycles. The third-order valence-corrected chi connectivity index (χ3v) is 9.28. The number of hydrogen-bond acceptors (Lipinski definition) is 8. The maximum Gasteiger partial charge on any atom is 0.261 e. The fourth-order valence-electron chi connectivity index (χ4n) is 5.37. The molecule has 0 saturated carbocycles. The molecule has 3 atom stereocenters. The number of aliphatic hydroxyl groups is 1. The number of sulfonamides is 1. The van der Waals surface area contributed by atoms with Crippen LogP contribution in [0.2, 0.25) is 0 Å². The van der Waals surface area contributed by atoms with Gasteiger partial charge in [0.05, 0.1) is 24.0 Å². The quantitative estimate of drug-likeness (QED) is 0.376. The number of benzene rings is 3. The standard InChI is InChI=1S/C32H39N3O7S/c1-21-5-9-27(10-6-21)43(38,39)33-26-8-12-28-25(14-26)15-32(37)35(23(3)19-36)16-22(2)31(42-28)18-34(4)17-24-7-11-29-30(13-24)41-20-40-29/h5-14,22-23,31,33,36H,15-20H2,1-4H3/t22-,23+,31+/m1/s1. The van der Waals surface area contributed by atoms with E-state index in [0.717, 1.165) is 22.6 Å². The molecule has 0 saturated heterocycles. The summed E-state index contributed by atoms with van der Waals surface area (Å²) in [6.07, 6.45) is -0.293. The van der Waals surface area contributed by atoms with E-state index < -0.39 is 10.0 Å². The molecule has 3 aromatic rings. The highest BCUT2D eigenvalue weighted by molar-refractivity contribution is 7.92. The van der Waals surface area contributed by atoms with Gasteiger partial charge < -0.3 is 24.2 Å². The Morgan fingerprint density at radius 1 is 1.05 bits per heavy atom. The average molecular weight is 610 g/mol.